The van der Waals surface area contributed by atoms with Gasteiger partial charge >= 0.3 is 0 Å². The van der Waals surface area contributed by atoms with Gasteiger partial charge in [0.25, 0.3) is 0 Å². The fraction of sp³-hybridized carbons (Fsp3) is 0.438. The Kier molecular flexibility index (Phi) is 7.11. The van der Waals surface area contributed by atoms with Crippen LogP contribution in [0.4, 0.5) is 0 Å². The molecule has 3 rings (SSSR count). The first kappa shape index (κ1) is 18.5. The van der Waals surface area contributed by atoms with Crippen molar-refractivity contribution in [1.29, 1.82) is 0 Å². The van der Waals surface area contributed by atoms with Crippen molar-refractivity contribution in [3.63, 3.8) is 0 Å². The number of halogens is 2. The standard InChI is InChI=1S/C16H20ClN3OS.ClH/c1-12-8-18-6-7-20(12)9-14-11-22-16(19-14)10-21-15-4-2-13(17)3-5-15;/h2-5,11-12,18H,6-10H2,1H3;1H/t12-;/m0./s1. The smallest absolute Gasteiger partial charge is 0.140 e. The fourth-order valence-corrected chi connectivity index (χ4v) is 3.31. The topological polar surface area (TPSA) is 37.4 Å². The first-order valence-electron chi connectivity index (χ1n) is 7.47. The zero-order valence-corrected chi connectivity index (χ0v) is 15.4. The number of thiazole rings is 1. The SMILES string of the molecule is C[C@H]1CNCCN1Cc1csc(COc2ccc(Cl)cc2)n1.Cl. The molecular weight excluding hydrogens is 353 g/mol. The summed E-state index contributed by atoms with van der Waals surface area (Å²) in [6.07, 6.45) is 0. The van der Waals surface area contributed by atoms with E-state index in [1.165, 1.54) is 0 Å². The van der Waals surface area contributed by atoms with Gasteiger partial charge in [0.05, 0.1) is 5.69 Å². The highest BCUT2D eigenvalue weighted by molar-refractivity contribution is 7.09. The van der Waals surface area contributed by atoms with E-state index in [-0.39, 0.29) is 12.4 Å². The maximum atomic E-state index is 5.86. The van der Waals surface area contributed by atoms with Gasteiger partial charge in [-0.1, -0.05) is 11.6 Å². The normalized spacial score (nSPS) is 18.4. The van der Waals surface area contributed by atoms with E-state index < -0.39 is 0 Å². The first-order valence-corrected chi connectivity index (χ1v) is 8.73. The highest BCUT2D eigenvalue weighted by atomic mass is 35.5. The quantitative estimate of drug-likeness (QED) is 0.868. The van der Waals surface area contributed by atoms with Gasteiger partial charge < -0.3 is 10.1 Å². The fourth-order valence-electron chi connectivity index (χ4n) is 2.49. The molecule has 0 spiro atoms. The molecule has 7 heteroatoms. The van der Waals surface area contributed by atoms with E-state index in [4.69, 9.17) is 16.3 Å². The maximum Gasteiger partial charge on any atom is 0.140 e. The van der Waals surface area contributed by atoms with Crippen LogP contribution in [0.3, 0.4) is 0 Å². The van der Waals surface area contributed by atoms with Crippen LogP contribution < -0.4 is 10.1 Å². The number of ether oxygens (including phenoxy) is 1. The van der Waals surface area contributed by atoms with Gasteiger partial charge in [-0.3, -0.25) is 4.90 Å². The molecule has 1 aromatic heterocycles. The van der Waals surface area contributed by atoms with E-state index in [1.54, 1.807) is 11.3 Å². The average molecular weight is 374 g/mol. The van der Waals surface area contributed by atoms with E-state index in [9.17, 15) is 0 Å². The lowest BCUT2D eigenvalue weighted by Gasteiger charge is -2.33. The van der Waals surface area contributed by atoms with Crippen molar-refractivity contribution in [2.75, 3.05) is 19.6 Å². The molecule has 1 fully saturated rings. The van der Waals surface area contributed by atoms with Gasteiger partial charge in [-0.25, -0.2) is 4.98 Å². The average Bonchev–Trinajstić information content (AvgIpc) is 2.97. The summed E-state index contributed by atoms with van der Waals surface area (Å²) in [6.45, 7) is 6.86. The summed E-state index contributed by atoms with van der Waals surface area (Å²) in [5.41, 5.74) is 1.13. The number of hydrogen-bond donors (Lipinski definition) is 1. The number of rotatable bonds is 5. The Labute approximate surface area is 152 Å². The van der Waals surface area contributed by atoms with Gasteiger partial charge in [0.1, 0.15) is 17.4 Å². The summed E-state index contributed by atoms with van der Waals surface area (Å²) in [5.74, 6) is 0.817. The van der Waals surface area contributed by atoms with E-state index in [0.717, 1.165) is 42.6 Å². The number of nitrogens with one attached hydrogen (secondary N) is 1. The molecule has 0 amide bonds. The van der Waals surface area contributed by atoms with Crippen LogP contribution in [0.15, 0.2) is 29.6 Å². The van der Waals surface area contributed by atoms with E-state index in [1.807, 2.05) is 24.3 Å². The lowest BCUT2D eigenvalue weighted by molar-refractivity contribution is 0.164. The monoisotopic (exact) mass is 373 g/mol. The lowest BCUT2D eigenvalue weighted by atomic mass is 10.2. The van der Waals surface area contributed by atoms with Crippen LogP contribution in [0.5, 0.6) is 5.75 Å². The number of piperazine rings is 1. The van der Waals surface area contributed by atoms with Crippen molar-refractivity contribution in [2.45, 2.75) is 26.1 Å². The number of hydrogen-bond acceptors (Lipinski definition) is 5. The predicted molar refractivity (Wildman–Crippen MR) is 97.9 cm³/mol. The Morgan fingerprint density at radius 2 is 2.17 bits per heavy atom. The maximum absolute atomic E-state index is 5.86. The third-order valence-corrected chi connectivity index (χ3v) is 4.90. The molecule has 126 valence electrons. The Bertz CT molecular complexity index is 606. The van der Waals surface area contributed by atoms with Gasteiger partial charge in [-0.05, 0) is 31.2 Å². The van der Waals surface area contributed by atoms with E-state index in [2.05, 4.69) is 27.5 Å². The van der Waals surface area contributed by atoms with Crippen LogP contribution in [0.25, 0.3) is 0 Å². The molecule has 1 aliphatic heterocycles. The minimum Gasteiger partial charge on any atom is -0.486 e. The van der Waals surface area contributed by atoms with Gasteiger partial charge in [-0.2, -0.15) is 0 Å². The van der Waals surface area contributed by atoms with Crippen LogP contribution >= 0.6 is 35.3 Å². The molecule has 1 atom stereocenters. The molecule has 1 aliphatic rings. The predicted octanol–water partition coefficient (Wildman–Crippen LogP) is 3.59. The highest BCUT2D eigenvalue weighted by Crippen LogP contribution is 2.19. The number of benzene rings is 1. The van der Waals surface area contributed by atoms with Crippen LogP contribution in [-0.2, 0) is 13.2 Å². The summed E-state index contributed by atoms with van der Waals surface area (Å²) in [5, 5.41) is 7.27. The minimum absolute atomic E-state index is 0. The van der Waals surface area contributed by atoms with Crippen LogP contribution in [0.2, 0.25) is 5.02 Å². The summed E-state index contributed by atoms with van der Waals surface area (Å²) >= 11 is 7.52. The molecule has 0 aliphatic carbocycles. The van der Waals surface area contributed by atoms with E-state index in [0.29, 0.717) is 17.7 Å². The molecule has 0 saturated carbocycles. The van der Waals surface area contributed by atoms with Crippen molar-refractivity contribution in [1.82, 2.24) is 15.2 Å². The second-order valence-corrected chi connectivity index (χ2v) is 6.88. The molecule has 1 aromatic carbocycles. The molecule has 23 heavy (non-hydrogen) atoms. The van der Waals surface area contributed by atoms with Gasteiger partial charge in [0, 0.05) is 42.6 Å². The van der Waals surface area contributed by atoms with Crippen LogP contribution in [-0.4, -0.2) is 35.6 Å². The third kappa shape index (κ3) is 5.33. The van der Waals surface area contributed by atoms with Crippen molar-refractivity contribution in [3.05, 3.63) is 45.4 Å². The molecule has 1 saturated heterocycles. The summed E-state index contributed by atoms with van der Waals surface area (Å²) in [4.78, 5) is 7.14. The van der Waals surface area contributed by atoms with Gasteiger partial charge in [0.2, 0.25) is 0 Å². The minimum atomic E-state index is 0. The van der Waals surface area contributed by atoms with E-state index >= 15 is 0 Å². The zero-order chi connectivity index (χ0) is 15.4. The lowest BCUT2D eigenvalue weighted by Crippen LogP contribution is -2.49. The molecule has 0 bridgehead atoms. The molecule has 2 heterocycles. The molecule has 0 radical (unpaired) electrons. The van der Waals surface area contributed by atoms with Crippen molar-refractivity contribution < 1.29 is 4.74 Å². The Hall–Kier alpha value is -0.850. The number of aromatic nitrogens is 1. The first-order chi connectivity index (χ1) is 10.7. The van der Waals surface area contributed by atoms with Crippen molar-refractivity contribution >= 4 is 35.3 Å². The van der Waals surface area contributed by atoms with Crippen LogP contribution in [0, 0.1) is 0 Å². The van der Waals surface area contributed by atoms with Gasteiger partial charge in [0.15, 0.2) is 0 Å². The van der Waals surface area contributed by atoms with Crippen molar-refractivity contribution in [2.24, 2.45) is 0 Å². The Morgan fingerprint density at radius 3 is 2.91 bits per heavy atom. The van der Waals surface area contributed by atoms with Crippen LogP contribution in [0.1, 0.15) is 17.6 Å². The second kappa shape index (κ2) is 8.85. The Balaban J connectivity index is 0.00000192. The third-order valence-electron chi connectivity index (χ3n) is 3.78. The molecule has 1 N–H and O–H groups in total. The highest BCUT2D eigenvalue weighted by Gasteiger charge is 2.18. The zero-order valence-electron chi connectivity index (χ0n) is 13.0. The summed E-state index contributed by atoms with van der Waals surface area (Å²) in [6, 6.07) is 7.97. The molecule has 2 aromatic rings. The molecule has 0 unspecified atom stereocenters. The molecular formula is C16H21Cl2N3OS. The summed E-state index contributed by atoms with van der Waals surface area (Å²) < 4.78 is 5.74. The molecule has 4 nitrogen and oxygen atoms in total. The van der Waals surface area contributed by atoms with Gasteiger partial charge in [-0.15, -0.1) is 23.7 Å². The van der Waals surface area contributed by atoms with Crippen molar-refractivity contribution in [3.8, 4) is 5.75 Å². The Morgan fingerprint density at radius 1 is 1.39 bits per heavy atom. The largest absolute Gasteiger partial charge is 0.486 e. The summed E-state index contributed by atoms with van der Waals surface area (Å²) in [7, 11) is 0. The number of nitrogens with zero attached hydrogens (tertiary/aromatic N) is 2. The second-order valence-electron chi connectivity index (χ2n) is 5.50.